The lowest BCUT2D eigenvalue weighted by atomic mass is 10.0. The summed E-state index contributed by atoms with van der Waals surface area (Å²) in [6.45, 7) is 5.35. The van der Waals surface area contributed by atoms with Gasteiger partial charge in [0.05, 0.1) is 6.54 Å². The van der Waals surface area contributed by atoms with Crippen LogP contribution in [0, 0.1) is 12.8 Å². The summed E-state index contributed by atoms with van der Waals surface area (Å²) in [5.74, 6) is -1.96. The van der Waals surface area contributed by atoms with Gasteiger partial charge in [0.15, 0.2) is 5.76 Å². The Labute approximate surface area is 145 Å². The van der Waals surface area contributed by atoms with Crippen molar-refractivity contribution in [2.45, 2.75) is 33.2 Å². The van der Waals surface area contributed by atoms with Crippen LogP contribution in [0.1, 0.15) is 36.4 Å². The highest BCUT2D eigenvalue weighted by Crippen LogP contribution is 2.20. The highest BCUT2D eigenvalue weighted by Gasteiger charge is 2.21. The van der Waals surface area contributed by atoms with Crippen LogP contribution in [0.4, 0.5) is 0 Å². The molecule has 0 aliphatic rings. The zero-order chi connectivity index (χ0) is 18.6. The highest BCUT2D eigenvalue weighted by molar-refractivity contribution is 5.98. The number of hydrogen-bond acceptors (Lipinski definition) is 4. The normalized spacial score (nSPS) is 12.2. The molecule has 1 heterocycles. The van der Waals surface area contributed by atoms with E-state index in [4.69, 9.17) is 9.52 Å². The van der Waals surface area contributed by atoms with Crippen LogP contribution in [-0.2, 0) is 9.59 Å². The van der Waals surface area contributed by atoms with Crippen LogP contribution in [-0.4, -0.2) is 35.5 Å². The van der Waals surface area contributed by atoms with Gasteiger partial charge in [0.2, 0.25) is 5.91 Å². The van der Waals surface area contributed by atoms with Crippen LogP contribution in [0.25, 0.3) is 11.0 Å². The van der Waals surface area contributed by atoms with Gasteiger partial charge in [-0.25, -0.2) is 4.79 Å². The molecule has 0 bridgehead atoms. The second-order valence-corrected chi connectivity index (χ2v) is 6.42. The van der Waals surface area contributed by atoms with Crippen LogP contribution in [0.3, 0.4) is 0 Å². The highest BCUT2D eigenvalue weighted by atomic mass is 16.4. The summed E-state index contributed by atoms with van der Waals surface area (Å²) in [7, 11) is 0. The molecule has 1 aromatic carbocycles. The molecule has 0 spiro atoms. The Morgan fingerprint density at radius 3 is 2.56 bits per heavy atom. The summed E-state index contributed by atoms with van der Waals surface area (Å²) < 4.78 is 5.45. The van der Waals surface area contributed by atoms with Crippen LogP contribution in [0.15, 0.2) is 28.7 Å². The Morgan fingerprint density at radius 2 is 1.92 bits per heavy atom. The number of hydrogen-bond donors (Lipinski definition) is 3. The fourth-order valence-electron chi connectivity index (χ4n) is 2.46. The zero-order valence-corrected chi connectivity index (χ0v) is 14.5. The predicted molar refractivity (Wildman–Crippen MR) is 92.3 cm³/mol. The van der Waals surface area contributed by atoms with Crippen molar-refractivity contribution in [3.63, 3.8) is 0 Å². The van der Waals surface area contributed by atoms with Gasteiger partial charge in [-0.05, 0) is 37.5 Å². The molecule has 25 heavy (non-hydrogen) atoms. The molecule has 7 heteroatoms. The van der Waals surface area contributed by atoms with Crippen LogP contribution >= 0.6 is 0 Å². The predicted octanol–water partition coefficient (Wildman–Crippen LogP) is 2.09. The van der Waals surface area contributed by atoms with Gasteiger partial charge in [0, 0.05) is 5.39 Å². The average Bonchev–Trinajstić information content (AvgIpc) is 2.94. The van der Waals surface area contributed by atoms with Crippen molar-refractivity contribution in [2.75, 3.05) is 6.54 Å². The van der Waals surface area contributed by atoms with Crippen molar-refractivity contribution < 1.29 is 23.9 Å². The van der Waals surface area contributed by atoms with Crippen LogP contribution in [0.5, 0.6) is 0 Å². The number of carboxylic acids is 1. The van der Waals surface area contributed by atoms with E-state index in [0.29, 0.717) is 12.0 Å². The molecule has 2 amide bonds. The van der Waals surface area contributed by atoms with Gasteiger partial charge in [0.25, 0.3) is 5.91 Å². The summed E-state index contributed by atoms with van der Waals surface area (Å²) in [5.41, 5.74) is 1.63. The van der Waals surface area contributed by atoms with Gasteiger partial charge < -0.3 is 20.2 Å². The van der Waals surface area contributed by atoms with Crippen LogP contribution < -0.4 is 10.6 Å². The second-order valence-electron chi connectivity index (χ2n) is 6.42. The number of carbonyl (C=O) groups excluding carboxylic acids is 2. The maximum absolute atomic E-state index is 12.1. The number of carbonyl (C=O) groups is 3. The summed E-state index contributed by atoms with van der Waals surface area (Å²) in [6, 6.07) is 6.18. The average molecular weight is 346 g/mol. The number of aryl methyl sites for hydroxylation is 1. The van der Waals surface area contributed by atoms with E-state index in [-0.39, 0.29) is 18.2 Å². The smallest absolute Gasteiger partial charge is 0.326 e. The minimum atomic E-state index is -1.10. The molecule has 2 rings (SSSR count). The Morgan fingerprint density at radius 1 is 1.20 bits per heavy atom. The third-order valence-corrected chi connectivity index (χ3v) is 3.65. The molecule has 1 aromatic heterocycles. The summed E-state index contributed by atoms with van der Waals surface area (Å²) in [5, 5.41) is 14.8. The van der Waals surface area contributed by atoms with E-state index in [1.54, 1.807) is 12.1 Å². The molecule has 0 aliphatic carbocycles. The second kappa shape index (κ2) is 7.83. The zero-order valence-electron chi connectivity index (χ0n) is 14.5. The molecular formula is C18H22N2O5. The van der Waals surface area contributed by atoms with Gasteiger partial charge in [-0.2, -0.15) is 0 Å². The summed E-state index contributed by atoms with van der Waals surface area (Å²) >= 11 is 0. The van der Waals surface area contributed by atoms with Crippen LogP contribution in [0.2, 0.25) is 0 Å². The van der Waals surface area contributed by atoms with E-state index in [1.807, 2.05) is 32.9 Å². The van der Waals surface area contributed by atoms with E-state index in [1.165, 1.54) is 0 Å². The van der Waals surface area contributed by atoms with Crippen molar-refractivity contribution in [3.05, 3.63) is 35.6 Å². The summed E-state index contributed by atoms with van der Waals surface area (Å²) in [6.07, 6.45) is 0.317. The van der Waals surface area contributed by atoms with E-state index < -0.39 is 23.8 Å². The van der Waals surface area contributed by atoms with Crippen molar-refractivity contribution >= 4 is 28.8 Å². The number of fused-ring (bicyclic) bond motifs is 1. The first-order valence-electron chi connectivity index (χ1n) is 8.07. The first-order valence-corrected chi connectivity index (χ1v) is 8.07. The van der Waals surface area contributed by atoms with Gasteiger partial charge in [-0.3, -0.25) is 9.59 Å². The molecule has 134 valence electrons. The molecular weight excluding hydrogens is 324 g/mol. The van der Waals surface area contributed by atoms with Gasteiger partial charge in [-0.1, -0.05) is 25.5 Å². The first kappa shape index (κ1) is 18.5. The molecule has 7 nitrogen and oxygen atoms in total. The Kier molecular flexibility index (Phi) is 5.80. The van der Waals surface area contributed by atoms with E-state index in [9.17, 15) is 14.4 Å². The Bertz CT molecular complexity index is 794. The maximum Gasteiger partial charge on any atom is 0.326 e. The molecule has 0 unspecified atom stereocenters. The monoisotopic (exact) mass is 346 g/mol. The molecule has 0 fully saturated rings. The minimum Gasteiger partial charge on any atom is -0.480 e. The number of amides is 2. The van der Waals surface area contributed by atoms with E-state index in [2.05, 4.69) is 10.6 Å². The minimum absolute atomic E-state index is 0.102. The molecule has 1 atom stereocenters. The number of carboxylic acid groups (broad SMARTS) is 1. The molecule has 2 aromatic rings. The quantitative estimate of drug-likeness (QED) is 0.711. The fraction of sp³-hybridized carbons (Fsp3) is 0.389. The first-order chi connectivity index (χ1) is 11.8. The molecule has 3 N–H and O–H groups in total. The topological polar surface area (TPSA) is 109 Å². The third-order valence-electron chi connectivity index (χ3n) is 3.65. The molecule has 0 saturated heterocycles. The lowest BCUT2D eigenvalue weighted by Crippen LogP contribution is -2.46. The SMILES string of the molecule is Cc1ccc2oc(C(=O)NCC(=O)N[C@@H](CC(C)C)C(=O)O)cc2c1. The Hall–Kier alpha value is -2.83. The number of nitrogens with one attached hydrogen (secondary N) is 2. The number of furan rings is 1. The van der Waals surface area contributed by atoms with Gasteiger partial charge in [-0.15, -0.1) is 0 Å². The number of aliphatic carboxylic acids is 1. The van der Waals surface area contributed by atoms with Crippen molar-refractivity contribution in [1.82, 2.24) is 10.6 Å². The molecule has 0 saturated carbocycles. The Balaban J connectivity index is 1.93. The van der Waals surface area contributed by atoms with E-state index >= 15 is 0 Å². The molecule has 0 radical (unpaired) electrons. The standard InChI is InChI=1S/C18H22N2O5/c1-10(2)6-13(18(23)24)20-16(21)9-19-17(22)15-8-12-7-11(3)4-5-14(12)25-15/h4-5,7-8,10,13H,6,9H2,1-3H3,(H,19,22)(H,20,21)(H,23,24)/t13-/m0/s1. The fourth-order valence-corrected chi connectivity index (χ4v) is 2.46. The van der Waals surface area contributed by atoms with Gasteiger partial charge >= 0.3 is 5.97 Å². The summed E-state index contributed by atoms with van der Waals surface area (Å²) in [4.78, 5) is 35.1. The lowest BCUT2D eigenvalue weighted by molar-refractivity contribution is -0.142. The van der Waals surface area contributed by atoms with Crippen molar-refractivity contribution in [2.24, 2.45) is 5.92 Å². The number of rotatable bonds is 7. The van der Waals surface area contributed by atoms with Crippen molar-refractivity contribution in [3.8, 4) is 0 Å². The van der Waals surface area contributed by atoms with E-state index in [0.717, 1.165) is 10.9 Å². The third kappa shape index (κ3) is 5.07. The molecule has 0 aliphatic heterocycles. The van der Waals surface area contributed by atoms with Gasteiger partial charge in [0.1, 0.15) is 11.6 Å². The lowest BCUT2D eigenvalue weighted by Gasteiger charge is -2.16. The van der Waals surface area contributed by atoms with Crippen molar-refractivity contribution in [1.29, 1.82) is 0 Å². The number of benzene rings is 1. The largest absolute Gasteiger partial charge is 0.480 e. The maximum atomic E-state index is 12.1.